The van der Waals surface area contributed by atoms with Crippen molar-refractivity contribution in [3.05, 3.63) is 59.9 Å². The molecule has 3 rings (SSSR count). The summed E-state index contributed by atoms with van der Waals surface area (Å²) >= 11 is 0. The molecule has 7 heteroatoms. The van der Waals surface area contributed by atoms with Gasteiger partial charge in [-0.05, 0) is 48.5 Å². The van der Waals surface area contributed by atoms with Crippen molar-refractivity contribution in [2.45, 2.75) is 12.5 Å². The number of hydrogen-bond donors (Lipinski definition) is 3. The molecule has 2 amide bonds. The molecule has 0 spiro atoms. The minimum atomic E-state index is -0.604. The van der Waals surface area contributed by atoms with E-state index in [1.165, 1.54) is 12.1 Å². The molecule has 1 saturated heterocycles. The van der Waals surface area contributed by atoms with Crippen molar-refractivity contribution in [1.82, 2.24) is 10.8 Å². The third-order valence-corrected chi connectivity index (χ3v) is 3.94. The monoisotopic (exact) mass is 329 g/mol. The molecule has 0 aromatic heterocycles. The Balaban J connectivity index is 1.96. The molecule has 2 aromatic carbocycles. The minimum absolute atomic E-state index is 0.0385. The zero-order chi connectivity index (χ0) is 17.1. The van der Waals surface area contributed by atoms with E-state index in [2.05, 4.69) is 5.32 Å². The van der Waals surface area contributed by atoms with Gasteiger partial charge < -0.3 is 10.2 Å². The van der Waals surface area contributed by atoms with Crippen LogP contribution >= 0.6 is 0 Å². The van der Waals surface area contributed by atoms with E-state index in [1.54, 1.807) is 41.9 Å². The van der Waals surface area contributed by atoms with Crippen LogP contribution in [0.2, 0.25) is 0 Å². The molecule has 0 radical (unpaired) electrons. The van der Waals surface area contributed by atoms with E-state index in [4.69, 9.17) is 5.21 Å². The Kier molecular flexibility index (Phi) is 4.43. The van der Waals surface area contributed by atoms with E-state index in [1.807, 2.05) is 4.90 Å². The molecule has 1 fully saturated rings. The standard InChI is InChI=1S/C17H16FN3O3/c18-12-3-7-14(8-4-12)21(15-9-16(22)19-10-15)13-5-1-11(2-6-13)17(23)20-24/h1-8,15,24H,9-10H2,(H,19,22)(H,20,23). The SMILES string of the molecule is O=C1CC(N(c2ccc(F)cc2)c2ccc(C(=O)NO)cc2)CN1. The molecule has 6 nitrogen and oxygen atoms in total. The molecule has 3 N–H and O–H groups in total. The van der Waals surface area contributed by atoms with Gasteiger partial charge in [-0.3, -0.25) is 14.8 Å². The van der Waals surface area contributed by atoms with Gasteiger partial charge in [0, 0.05) is 29.9 Å². The van der Waals surface area contributed by atoms with Gasteiger partial charge in [0.2, 0.25) is 5.91 Å². The van der Waals surface area contributed by atoms with Crippen LogP contribution in [0.25, 0.3) is 0 Å². The van der Waals surface area contributed by atoms with Crippen LogP contribution in [0.4, 0.5) is 15.8 Å². The second-order valence-electron chi connectivity index (χ2n) is 5.50. The molecule has 1 aliphatic rings. The van der Waals surface area contributed by atoms with Crippen LogP contribution in [0.3, 0.4) is 0 Å². The highest BCUT2D eigenvalue weighted by Crippen LogP contribution is 2.30. The third-order valence-electron chi connectivity index (χ3n) is 3.94. The summed E-state index contributed by atoms with van der Waals surface area (Å²) in [4.78, 5) is 24.9. The number of anilines is 2. The molecule has 0 bridgehead atoms. The number of hydroxylamine groups is 1. The number of rotatable bonds is 4. The third kappa shape index (κ3) is 3.21. The van der Waals surface area contributed by atoms with Crippen LogP contribution < -0.4 is 15.7 Å². The Morgan fingerprint density at radius 2 is 1.71 bits per heavy atom. The van der Waals surface area contributed by atoms with Crippen molar-refractivity contribution in [2.75, 3.05) is 11.4 Å². The van der Waals surface area contributed by atoms with Crippen LogP contribution in [0.5, 0.6) is 0 Å². The summed E-state index contributed by atoms with van der Waals surface area (Å²) in [6.07, 6.45) is 0.330. The van der Waals surface area contributed by atoms with Crippen LogP contribution in [0.15, 0.2) is 48.5 Å². The van der Waals surface area contributed by atoms with Gasteiger partial charge in [0.25, 0.3) is 5.91 Å². The first-order valence-corrected chi connectivity index (χ1v) is 7.44. The second-order valence-corrected chi connectivity index (χ2v) is 5.50. The molecular formula is C17H16FN3O3. The molecule has 2 aromatic rings. The minimum Gasteiger partial charge on any atom is -0.354 e. The molecule has 0 aliphatic carbocycles. The highest BCUT2D eigenvalue weighted by Gasteiger charge is 2.28. The largest absolute Gasteiger partial charge is 0.354 e. The highest BCUT2D eigenvalue weighted by atomic mass is 19.1. The van der Waals surface area contributed by atoms with Gasteiger partial charge >= 0.3 is 0 Å². The number of nitrogens with zero attached hydrogens (tertiary/aromatic N) is 1. The molecular weight excluding hydrogens is 313 g/mol. The average Bonchev–Trinajstić information content (AvgIpc) is 3.03. The van der Waals surface area contributed by atoms with Crippen molar-refractivity contribution in [1.29, 1.82) is 0 Å². The number of nitrogens with one attached hydrogen (secondary N) is 2. The number of halogens is 1. The Morgan fingerprint density at radius 3 is 2.21 bits per heavy atom. The topological polar surface area (TPSA) is 81.7 Å². The Hall–Kier alpha value is -2.93. The molecule has 24 heavy (non-hydrogen) atoms. The molecule has 124 valence electrons. The van der Waals surface area contributed by atoms with E-state index in [0.29, 0.717) is 18.5 Å². The van der Waals surface area contributed by atoms with Crippen molar-refractivity contribution in [3.8, 4) is 0 Å². The second kappa shape index (κ2) is 6.67. The number of amides is 2. The predicted octanol–water partition coefficient (Wildman–Crippen LogP) is 1.97. The number of benzene rings is 2. The summed E-state index contributed by atoms with van der Waals surface area (Å²) in [5, 5.41) is 11.5. The molecule has 1 heterocycles. The highest BCUT2D eigenvalue weighted by molar-refractivity contribution is 5.93. The number of hydrogen-bond acceptors (Lipinski definition) is 4. The maximum Gasteiger partial charge on any atom is 0.274 e. The lowest BCUT2D eigenvalue weighted by molar-refractivity contribution is -0.119. The fraction of sp³-hybridized carbons (Fsp3) is 0.176. The first-order chi connectivity index (χ1) is 11.6. The lowest BCUT2D eigenvalue weighted by Gasteiger charge is -2.30. The van der Waals surface area contributed by atoms with Gasteiger partial charge in [0.1, 0.15) is 5.82 Å². The van der Waals surface area contributed by atoms with Crippen molar-refractivity contribution in [3.63, 3.8) is 0 Å². The smallest absolute Gasteiger partial charge is 0.274 e. The lowest BCUT2D eigenvalue weighted by Crippen LogP contribution is -2.33. The van der Waals surface area contributed by atoms with Gasteiger partial charge in [-0.2, -0.15) is 0 Å². The number of carbonyl (C=O) groups excluding carboxylic acids is 2. The predicted molar refractivity (Wildman–Crippen MR) is 85.6 cm³/mol. The first-order valence-electron chi connectivity index (χ1n) is 7.44. The Morgan fingerprint density at radius 1 is 1.12 bits per heavy atom. The van der Waals surface area contributed by atoms with E-state index < -0.39 is 5.91 Å². The van der Waals surface area contributed by atoms with Gasteiger partial charge in [0.05, 0.1) is 6.04 Å². The van der Waals surface area contributed by atoms with Crippen LogP contribution in [-0.2, 0) is 4.79 Å². The van der Waals surface area contributed by atoms with Crippen LogP contribution in [-0.4, -0.2) is 29.6 Å². The summed E-state index contributed by atoms with van der Waals surface area (Å²) in [6.45, 7) is 0.481. The Bertz CT molecular complexity index is 747. The first kappa shape index (κ1) is 15.9. The quantitative estimate of drug-likeness (QED) is 0.592. The van der Waals surface area contributed by atoms with Gasteiger partial charge in [-0.1, -0.05) is 0 Å². The van der Waals surface area contributed by atoms with Crippen molar-refractivity contribution in [2.24, 2.45) is 0 Å². The number of carbonyl (C=O) groups is 2. The van der Waals surface area contributed by atoms with E-state index in [9.17, 15) is 14.0 Å². The fourth-order valence-corrected chi connectivity index (χ4v) is 2.78. The van der Waals surface area contributed by atoms with Crippen molar-refractivity contribution >= 4 is 23.2 Å². The normalized spacial score (nSPS) is 16.6. The molecule has 1 aliphatic heterocycles. The zero-order valence-corrected chi connectivity index (χ0v) is 12.7. The van der Waals surface area contributed by atoms with E-state index >= 15 is 0 Å². The lowest BCUT2D eigenvalue weighted by atomic mass is 10.1. The fourth-order valence-electron chi connectivity index (χ4n) is 2.78. The van der Waals surface area contributed by atoms with Crippen LogP contribution in [0.1, 0.15) is 16.8 Å². The zero-order valence-electron chi connectivity index (χ0n) is 12.7. The van der Waals surface area contributed by atoms with Crippen LogP contribution in [0, 0.1) is 5.82 Å². The molecule has 1 atom stereocenters. The summed E-state index contributed by atoms with van der Waals surface area (Å²) in [5.41, 5.74) is 3.40. The summed E-state index contributed by atoms with van der Waals surface area (Å²) in [7, 11) is 0. The van der Waals surface area contributed by atoms with E-state index in [-0.39, 0.29) is 17.8 Å². The summed E-state index contributed by atoms with van der Waals surface area (Å²) < 4.78 is 13.2. The maximum absolute atomic E-state index is 13.2. The average molecular weight is 329 g/mol. The summed E-state index contributed by atoms with van der Waals surface area (Å²) in [5.74, 6) is -0.981. The molecule has 0 saturated carbocycles. The van der Waals surface area contributed by atoms with E-state index in [0.717, 1.165) is 11.4 Å². The molecule has 1 unspecified atom stereocenters. The van der Waals surface area contributed by atoms with Gasteiger partial charge in [0.15, 0.2) is 0 Å². The Labute approximate surface area is 137 Å². The maximum atomic E-state index is 13.2. The van der Waals surface area contributed by atoms with Gasteiger partial charge in [-0.25, -0.2) is 9.87 Å². The van der Waals surface area contributed by atoms with Gasteiger partial charge in [-0.15, -0.1) is 0 Å². The summed E-state index contributed by atoms with van der Waals surface area (Å²) in [6, 6.07) is 12.5. The van der Waals surface area contributed by atoms with Crippen molar-refractivity contribution < 1.29 is 19.2 Å².